The van der Waals surface area contributed by atoms with Crippen molar-refractivity contribution in [3.8, 4) is 23.0 Å². The molecule has 3 aromatic heterocycles. The first-order chi connectivity index (χ1) is 14.0. The molecule has 0 bridgehead atoms. The fourth-order valence-electron chi connectivity index (χ4n) is 2.81. The summed E-state index contributed by atoms with van der Waals surface area (Å²) in [7, 11) is 0. The number of nitrogens with two attached hydrogens (primary N) is 1. The molecule has 0 spiro atoms. The van der Waals surface area contributed by atoms with Crippen LogP contribution in [0.15, 0.2) is 47.2 Å². The Balaban J connectivity index is 1.50. The average Bonchev–Trinajstić information content (AvgIpc) is 3.32. The van der Waals surface area contributed by atoms with E-state index in [2.05, 4.69) is 30.8 Å². The van der Waals surface area contributed by atoms with Gasteiger partial charge in [0.05, 0.1) is 0 Å². The lowest BCUT2D eigenvalue weighted by Crippen LogP contribution is -2.21. The number of rotatable bonds is 5. The molecule has 10 nitrogen and oxygen atoms in total. The first-order valence-electron chi connectivity index (χ1n) is 8.82. The molecule has 0 saturated heterocycles. The number of nitrogens with one attached hydrogen (secondary N) is 1. The molecule has 3 N–H and O–H groups in total. The summed E-state index contributed by atoms with van der Waals surface area (Å²) in [6.45, 7) is 3.83. The van der Waals surface area contributed by atoms with Gasteiger partial charge in [0.1, 0.15) is 6.54 Å². The van der Waals surface area contributed by atoms with Crippen molar-refractivity contribution in [1.29, 1.82) is 0 Å². The summed E-state index contributed by atoms with van der Waals surface area (Å²) in [5, 5.41) is 14.7. The summed E-state index contributed by atoms with van der Waals surface area (Å²) >= 11 is 0. The number of aromatic nitrogens is 6. The van der Waals surface area contributed by atoms with Crippen LogP contribution in [0.2, 0.25) is 0 Å². The normalized spacial score (nSPS) is 10.8. The fourth-order valence-corrected chi connectivity index (χ4v) is 2.81. The van der Waals surface area contributed by atoms with Crippen molar-refractivity contribution in [2.24, 2.45) is 0 Å². The summed E-state index contributed by atoms with van der Waals surface area (Å²) in [6.07, 6.45) is 3.26. The molecule has 0 unspecified atom stereocenters. The number of hydrogen-bond donors (Lipinski definition) is 2. The maximum absolute atomic E-state index is 12.4. The number of carbonyl (C=O) groups excluding carboxylic acids is 1. The highest BCUT2D eigenvalue weighted by molar-refractivity contribution is 5.91. The van der Waals surface area contributed by atoms with E-state index in [0.717, 1.165) is 22.4 Å². The first kappa shape index (κ1) is 18.3. The van der Waals surface area contributed by atoms with Crippen LogP contribution in [0, 0.1) is 13.8 Å². The molecule has 0 aliphatic rings. The summed E-state index contributed by atoms with van der Waals surface area (Å²) in [4.78, 5) is 20.6. The highest BCUT2D eigenvalue weighted by Gasteiger charge is 2.20. The van der Waals surface area contributed by atoms with E-state index < -0.39 is 0 Å². The van der Waals surface area contributed by atoms with Crippen LogP contribution in [0.4, 0.5) is 11.5 Å². The predicted molar refractivity (Wildman–Crippen MR) is 106 cm³/mol. The zero-order valence-electron chi connectivity index (χ0n) is 15.8. The number of carbonyl (C=O) groups is 1. The lowest BCUT2D eigenvalue weighted by molar-refractivity contribution is -0.116. The Hall–Kier alpha value is -4.08. The Bertz CT molecular complexity index is 1170. The zero-order valence-corrected chi connectivity index (χ0v) is 15.8. The average molecular weight is 390 g/mol. The van der Waals surface area contributed by atoms with Crippen LogP contribution in [0.25, 0.3) is 23.0 Å². The number of pyridine rings is 1. The molecular formula is C19H18N8O2. The Labute approximate surface area is 165 Å². The van der Waals surface area contributed by atoms with Gasteiger partial charge in [-0.3, -0.25) is 9.78 Å². The van der Waals surface area contributed by atoms with Gasteiger partial charge in [0, 0.05) is 23.6 Å². The lowest BCUT2D eigenvalue weighted by atomic mass is 10.1. The van der Waals surface area contributed by atoms with Crippen LogP contribution in [0.5, 0.6) is 0 Å². The van der Waals surface area contributed by atoms with E-state index in [1.54, 1.807) is 24.5 Å². The van der Waals surface area contributed by atoms with Gasteiger partial charge in [-0.2, -0.15) is 4.98 Å². The van der Waals surface area contributed by atoms with Crippen molar-refractivity contribution in [1.82, 2.24) is 30.1 Å². The molecule has 0 aliphatic carbocycles. The SMILES string of the molecule is Cc1ccc(NC(=O)Cn2nnc(-c3nc(-c4ccncc4)no3)c2N)c(C)c1. The third-order valence-electron chi connectivity index (χ3n) is 4.29. The van der Waals surface area contributed by atoms with Gasteiger partial charge < -0.3 is 15.6 Å². The van der Waals surface area contributed by atoms with Crippen LogP contribution in [0.3, 0.4) is 0 Å². The molecule has 0 fully saturated rings. The summed E-state index contributed by atoms with van der Waals surface area (Å²) in [5.41, 5.74) is 9.89. The van der Waals surface area contributed by atoms with Gasteiger partial charge >= 0.3 is 0 Å². The molecule has 10 heteroatoms. The summed E-state index contributed by atoms with van der Waals surface area (Å²) in [5.74, 6) is 0.383. The second kappa shape index (κ2) is 7.50. The van der Waals surface area contributed by atoms with Crippen molar-refractivity contribution in [3.05, 3.63) is 53.9 Å². The zero-order chi connectivity index (χ0) is 20.4. The Kier molecular flexibility index (Phi) is 4.73. The van der Waals surface area contributed by atoms with Crippen molar-refractivity contribution in [2.45, 2.75) is 20.4 Å². The first-order valence-corrected chi connectivity index (χ1v) is 8.82. The second-order valence-electron chi connectivity index (χ2n) is 6.51. The number of aryl methyl sites for hydroxylation is 2. The minimum Gasteiger partial charge on any atom is -0.382 e. The van der Waals surface area contributed by atoms with E-state index >= 15 is 0 Å². The molecule has 0 atom stereocenters. The number of nitrogen functional groups attached to an aromatic ring is 1. The molecule has 0 saturated carbocycles. The number of amides is 1. The Morgan fingerprint density at radius 1 is 1.21 bits per heavy atom. The third-order valence-corrected chi connectivity index (χ3v) is 4.29. The van der Waals surface area contributed by atoms with Gasteiger partial charge in [-0.1, -0.05) is 28.1 Å². The van der Waals surface area contributed by atoms with E-state index in [9.17, 15) is 4.79 Å². The maximum Gasteiger partial charge on any atom is 0.282 e. The fraction of sp³-hybridized carbons (Fsp3) is 0.158. The predicted octanol–water partition coefficient (Wildman–Crippen LogP) is 2.23. The minimum absolute atomic E-state index is 0.0997. The molecule has 0 aliphatic heterocycles. The topological polar surface area (TPSA) is 138 Å². The van der Waals surface area contributed by atoms with Gasteiger partial charge in [0.25, 0.3) is 5.89 Å². The van der Waals surface area contributed by atoms with Crippen molar-refractivity contribution in [3.63, 3.8) is 0 Å². The minimum atomic E-state index is -0.275. The number of anilines is 2. The van der Waals surface area contributed by atoms with E-state index in [4.69, 9.17) is 10.3 Å². The molecule has 146 valence electrons. The van der Waals surface area contributed by atoms with Gasteiger partial charge in [-0.15, -0.1) is 5.10 Å². The Morgan fingerprint density at radius 3 is 2.76 bits per heavy atom. The molecule has 4 aromatic rings. The highest BCUT2D eigenvalue weighted by atomic mass is 16.5. The van der Waals surface area contributed by atoms with Gasteiger partial charge in [0.2, 0.25) is 11.7 Å². The molecule has 1 amide bonds. The largest absolute Gasteiger partial charge is 0.382 e. The second-order valence-corrected chi connectivity index (χ2v) is 6.51. The van der Waals surface area contributed by atoms with Crippen LogP contribution in [-0.4, -0.2) is 36.0 Å². The molecule has 4 rings (SSSR count). The summed E-state index contributed by atoms with van der Waals surface area (Å²) in [6, 6.07) is 9.30. The lowest BCUT2D eigenvalue weighted by Gasteiger charge is -2.09. The van der Waals surface area contributed by atoms with E-state index in [1.165, 1.54) is 4.68 Å². The highest BCUT2D eigenvalue weighted by Crippen LogP contribution is 2.24. The van der Waals surface area contributed by atoms with Crippen LogP contribution >= 0.6 is 0 Å². The molecule has 29 heavy (non-hydrogen) atoms. The third kappa shape index (κ3) is 3.81. The van der Waals surface area contributed by atoms with Crippen molar-refractivity contribution >= 4 is 17.4 Å². The van der Waals surface area contributed by atoms with Gasteiger partial charge in [0.15, 0.2) is 11.5 Å². The molecule has 3 heterocycles. The van der Waals surface area contributed by atoms with Crippen molar-refractivity contribution in [2.75, 3.05) is 11.1 Å². The number of hydrogen-bond acceptors (Lipinski definition) is 8. The molecular weight excluding hydrogens is 372 g/mol. The summed E-state index contributed by atoms with van der Waals surface area (Å²) < 4.78 is 6.53. The standard InChI is InChI=1S/C19H18N8O2/c1-11-3-4-14(12(2)9-11)22-15(28)10-27-17(20)16(24-26-27)19-23-18(25-29-19)13-5-7-21-8-6-13/h3-9H,10,20H2,1-2H3,(H,22,28). The maximum atomic E-state index is 12.4. The monoisotopic (exact) mass is 390 g/mol. The van der Waals surface area contributed by atoms with E-state index in [-0.39, 0.29) is 29.9 Å². The number of benzene rings is 1. The van der Waals surface area contributed by atoms with Crippen LogP contribution < -0.4 is 11.1 Å². The quantitative estimate of drug-likeness (QED) is 0.529. The van der Waals surface area contributed by atoms with E-state index in [1.807, 2.05) is 32.0 Å². The van der Waals surface area contributed by atoms with Gasteiger partial charge in [-0.25, -0.2) is 4.68 Å². The Morgan fingerprint density at radius 2 is 2.00 bits per heavy atom. The van der Waals surface area contributed by atoms with Gasteiger partial charge in [-0.05, 0) is 37.6 Å². The van der Waals surface area contributed by atoms with Crippen LogP contribution in [0.1, 0.15) is 11.1 Å². The molecule has 0 radical (unpaired) electrons. The van der Waals surface area contributed by atoms with Crippen molar-refractivity contribution < 1.29 is 9.32 Å². The molecule has 1 aromatic carbocycles. The smallest absolute Gasteiger partial charge is 0.282 e. The van der Waals surface area contributed by atoms with Crippen LogP contribution in [-0.2, 0) is 11.3 Å². The van der Waals surface area contributed by atoms with E-state index in [0.29, 0.717) is 5.82 Å². The number of nitrogens with zero attached hydrogens (tertiary/aromatic N) is 6.